The lowest BCUT2D eigenvalue weighted by molar-refractivity contribution is 0.126. The monoisotopic (exact) mass is 176 g/mol. The first-order valence-electron chi connectivity index (χ1n) is 4.99. The number of hydrogen-bond acceptors (Lipinski definition) is 1. The van der Waals surface area contributed by atoms with E-state index < -0.39 is 0 Å². The van der Waals surface area contributed by atoms with Crippen LogP contribution >= 0.6 is 0 Å². The summed E-state index contributed by atoms with van der Waals surface area (Å²) >= 11 is 0. The molecule has 0 aromatic carbocycles. The van der Waals surface area contributed by atoms with Crippen LogP contribution in [0.3, 0.4) is 0 Å². The predicted octanol–water partition coefficient (Wildman–Crippen LogP) is 2.56. The molecule has 0 aromatic rings. The Labute approximate surface area is 76.6 Å². The van der Waals surface area contributed by atoms with Crippen LogP contribution in [-0.4, -0.2) is 18.7 Å². The zero-order valence-corrected chi connectivity index (χ0v) is 8.57. The molecule has 12 heavy (non-hydrogen) atoms. The maximum absolute atomic E-state index is 5.44. The molecule has 0 spiro atoms. The van der Waals surface area contributed by atoms with Gasteiger partial charge in [0.2, 0.25) is 0 Å². The van der Waals surface area contributed by atoms with Crippen LogP contribution < -0.4 is 0 Å². The number of unbranched alkanes of at least 4 members (excludes halogenated alkanes) is 4. The molecule has 0 aromatic heterocycles. The van der Waals surface area contributed by atoms with E-state index in [4.69, 9.17) is 4.74 Å². The van der Waals surface area contributed by atoms with Gasteiger partial charge in [0, 0.05) is 13.2 Å². The molecule has 76 valence electrons. The van der Waals surface area contributed by atoms with E-state index in [1.807, 2.05) is 0 Å². The minimum atomic E-state index is 0. The van der Waals surface area contributed by atoms with Gasteiger partial charge in [-0.05, 0) is 12.8 Å². The molecule has 0 saturated carbocycles. The third-order valence-electron chi connectivity index (χ3n) is 1.78. The summed E-state index contributed by atoms with van der Waals surface area (Å²) in [7, 11) is 0. The maximum atomic E-state index is 5.44. The summed E-state index contributed by atoms with van der Waals surface area (Å²) in [4.78, 5) is 0. The molecule has 0 aliphatic carbocycles. The fraction of sp³-hybridized carbons (Fsp3) is 1.00. The van der Waals surface area contributed by atoms with Gasteiger partial charge in [0.25, 0.3) is 0 Å². The minimum Gasteiger partial charge on any atom is -0.412 e. The molecular formula is C10H24O2. The molecule has 0 bridgehead atoms. The lowest BCUT2D eigenvalue weighted by Crippen LogP contribution is -1.96. The third kappa shape index (κ3) is 12.6. The summed E-state index contributed by atoms with van der Waals surface area (Å²) in [6.07, 6.45) is 7.68. The topological polar surface area (TPSA) is 40.7 Å². The molecule has 2 nitrogen and oxygen atoms in total. The highest BCUT2D eigenvalue weighted by atomic mass is 16.5. The SMILES string of the molecule is CCCCCOCCCCC.O. The van der Waals surface area contributed by atoms with Crippen LogP contribution in [0, 0.1) is 0 Å². The number of ether oxygens (including phenoxy) is 1. The van der Waals surface area contributed by atoms with E-state index in [0.717, 1.165) is 13.2 Å². The zero-order valence-electron chi connectivity index (χ0n) is 8.57. The largest absolute Gasteiger partial charge is 0.412 e. The van der Waals surface area contributed by atoms with Gasteiger partial charge in [0.15, 0.2) is 0 Å². The molecular weight excluding hydrogens is 152 g/mol. The van der Waals surface area contributed by atoms with Gasteiger partial charge in [-0.1, -0.05) is 39.5 Å². The molecule has 0 unspecified atom stereocenters. The Balaban J connectivity index is 0. The quantitative estimate of drug-likeness (QED) is 0.524. The second-order valence-corrected chi connectivity index (χ2v) is 3.03. The number of hydrogen-bond donors (Lipinski definition) is 0. The van der Waals surface area contributed by atoms with E-state index in [1.165, 1.54) is 38.5 Å². The van der Waals surface area contributed by atoms with Gasteiger partial charge in [-0.2, -0.15) is 0 Å². The Morgan fingerprint density at radius 3 is 1.50 bits per heavy atom. The van der Waals surface area contributed by atoms with E-state index in [1.54, 1.807) is 0 Å². The van der Waals surface area contributed by atoms with Gasteiger partial charge in [-0.3, -0.25) is 0 Å². The van der Waals surface area contributed by atoms with Crippen molar-refractivity contribution in [2.75, 3.05) is 13.2 Å². The van der Waals surface area contributed by atoms with Crippen molar-refractivity contribution in [1.29, 1.82) is 0 Å². The summed E-state index contributed by atoms with van der Waals surface area (Å²) in [5, 5.41) is 0. The van der Waals surface area contributed by atoms with Crippen molar-refractivity contribution in [3.05, 3.63) is 0 Å². The molecule has 0 atom stereocenters. The van der Waals surface area contributed by atoms with Crippen LogP contribution in [0.25, 0.3) is 0 Å². The summed E-state index contributed by atoms with van der Waals surface area (Å²) in [5.41, 5.74) is 0. The highest BCUT2D eigenvalue weighted by molar-refractivity contribution is 4.38. The summed E-state index contributed by atoms with van der Waals surface area (Å²) in [6.45, 7) is 6.38. The van der Waals surface area contributed by atoms with Crippen molar-refractivity contribution in [2.24, 2.45) is 0 Å². The smallest absolute Gasteiger partial charge is 0.0466 e. The summed E-state index contributed by atoms with van der Waals surface area (Å²) in [5.74, 6) is 0. The molecule has 2 N–H and O–H groups in total. The first-order valence-corrected chi connectivity index (χ1v) is 4.99. The normalized spacial score (nSPS) is 9.50. The minimum absolute atomic E-state index is 0. The van der Waals surface area contributed by atoms with Crippen molar-refractivity contribution in [2.45, 2.75) is 52.4 Å². The predicted molar refractivity (Wildman–Crippen MR) is 53.5 cm³/mol. The number of rotatable bonds is 8. The van der Waals surface area contributed by atoms with Gasteiger partial charge in [-0.25, -0.2) is 0 Å². The Kier molecular flexibility index (Phi) is 16.3. The van der Waals surface area contributed by atoms with Gasteiger partial charge in [0.1, 0.15) is 0 Å². The second kappa shape index (κ2) is 13.5. The zero-order chi connectivity index (χ0) is 8.36. The molecule has 0 saturated heterocycles. The third-order valence-corrected chi connectivity index (χ3v) is 1.78. The summed E-state index contributed by atoms with van der Waals surface area (Å²) < 4.78 is 5.44. The van der Waals surface area contributed by atoms with Crippen molar-refractivity contribution < 1.29 is 10.2 Å². The average Bonchev–Trinajstić information content (AvgIpc) is 2.03. The highest BCUT2D eigenvalue weighted by Crippen LogP contribution is 1.97. The molecule has 0 fully saturated rings. The Morgan fingerprint density at radius 2 is 1.17 bits per heavy atom. The van der Waals surface area contributed by atoms with E-state index in [-0.39, 0.29) is 5.48 Å². The van der Waals surface area contributed by atoms with E-state index in [2.05, 4.69) is 13.8 Å². The Hall–Kier alpha value is -0.0800. The lowest BCUT2D eigenvalue weighted by atomic mass is 10.2. The van der Waals surface area contributed by atoms with Crippen LogP contribution in [0.2, 0.25) is 0 Å². The standard InChI is InChI=1S/C10H22O.H2O/c1-3-5-7-9-11-10-8-6-4-2;/h3-10H2,1-2H3;1H2. The molecule has 0 amide bonds. The molecule has 0 heterocycles. The maximum Gasteiger partial charge on any atom is 0.0466 e. The molecule has 0 rings (SSSR count). The van der Waals surface area contributed by atoms with Crippen molar-refractivity contribution in [3.8, 4) is 0 Å². The van der Waals surface area contributed by atoms with E-state index >= 15 is 0 Å². The van der Waals surface area contributed by atoms with Crippen molar-refractivity contribution >= 4 is 0 Å². The van der Waals surface area contributed by atoms with Crippen molar-refractivity contribution in [3.63, 3.8) is 0 Å². The van der Waals surface area contributed by atoms with E-state index in [9.17, 15) is 0 Å². The fourth-order valence-electron chi connectivity index (χ4n) is 1.01. The van der Waals surface area contributed by atoms with Gasteiger partial charge >= 0.3 is 0 Å². The lowest BCUT2D eigenvalue weighted by Gasteiger charge is -2.01. The Bertz CT molecular complexity index is 56.9. The average molecular weight is 176 g/mol. The van der Waals surface area contributed by atoms with Crippen LogP contribution in [0.4, 0.5) is 0 Å². The second-order valence-electron chi connectivity index (χ2n) is 3.03. The Morgan fingerprint density at radius 1 is 0.750 bits per heavy atom. The van der Waals surface area contributed by atoms with Crippen LogP contribution in [0.15, 0.2) is 0 Å². The molecule has 2 heteroatoms. The summed E-state index contributed by atoms with van der Waals surface area (Å²) in [6, 6.07) is 0. The first-order chi connectivity index (χ1) is 5.41. The highest BCUT2D eigenvalue weighted by Gasteiger charge is 1.88. The molecule has 0 aliphatic heterocycles. The van der Waals surface area contributed by atoms with Gasteiger partial charge in [-0.15, -0.1) is 0 Å². The van der Waals surface area contributed by atoms with Crippen molar-refractivity contribution in [1.82, 2.24) is 0 Å². The molecule has 0 radical (unpaired) electrons. The first kappa shape index (κ1) is 14.4. The van der Waals surface area contributed by atoms with Gasteiger partial charge < -0.3 is 10.2 Å². The van der Waals surface area contributed by atoms with Crippen LogP contribution in [-0.2, 0) is 4.74 Å². The van der Waals surface area contributed by atoms with Crippen LogP contribution in [0.1, 0.15) is 52.4 Å². The van der Waals surface area contributed by atoms with E-state index in [0.29, 0.717) is 0 Å². The van der Waals surface area contributed by atoms with Gasteiger partial charge in [0.05, 0.1) is 0 Å². The fourth-order valence-corrected chi connectivity index (χ4v) is 1.01. The van der Waals surface area contributed by atoms with Crippen LogP contribution in [0.5, 0.6) is 0 Å². The molecule has 0 aliphatic rings.